The van der Waals surface area contributed by atoms with Crippen LogP contribution in [0.5, 0.6) is 0 Å². The Kier molecular flexibility index (Phi) is 6.13. The van der Waals surface area contributed by atoms with Gasteiger partial charge in [0.1, 0.15) is 23.7 Å². The smallest absolute Gasteiger partial charge is 0.191 e. The summed E-state index contributed by atoms with van der Waals surface area (Å²) in [5.41, 5.74) is 1.24. The van der Waals surface area contributed by atoms with Crippen LogP contribution in [-0.4, -0.2) is 60.2 Å². The van der Waals surface area contributed by atoms with Crippen molar-refractivity contribution in [2.45, 2.75) is 56.7 Å². The van der Waals surface area contributed by atoms with E-state index in [1.165, 1.54) is 15.8 Å². The third-order valence-corrected chi connectivity index (χ3v) is 7.19. The third kappa shape index (κ3) is 4.62. The lowest BCUT2D eigenvalue weighted by Gasteiger charge is -2.30. The number of aromatic nitrogens is 2. The molecule has 154 valence electrons. The van der Waals surface area contributed by atoms with Crippen molar-refractivity contribution in [1.29, 1.82) is 0 Å². The maximum Gasteiger partial charge on any atom is 0.191 e. The van der Waals surface area contributed by atoms with E-state index in [4.69, 9.17) is 19.4 Å². The van der Waals surface area contributed by atoms with Crippen LogP contribution in [0.1, 0.15) is 38.1 Å². The van der Waals surface area contributed by atoms with Crippen LogP contribution in [0.15, 0.2) is 5.16 Å². The molecule has 6 nitrogen and oxygen atoms in total. The first kappa shape index (κ1) is 20.3. The van der Waals surface area contributed by atoms with E-state index in [9.17, 15) is 0 Å². The van der Waals surface area contributed by atoms with Gasteiger partial charge >= 0.3 is 0 Å². The van der Waals surface area contributed by atoms with Crippen LogP contribution in [0.4, 0.5) is 5.82 Å². The van der Waals surface area contributed by atoms with Gasteiger partial charge in [-0.05, 0) is 19.4 Å². The van der Waals surface area contributed by atoms with Gasteiger partial charge in [-0.2, -0.15) is 0 Å². The quantitative estimate of drug-likeness (QED) is 0.550. The topological polar surface area (TPSA) is 60.7 Å². The van der Waals surface area contributed by atoms with Gasteiger partial charge in [-0.3, -0.25) is 0 Å². The molecule has 0 aliphatic carbocycles. The zero-order chi connectivity index (χ0) is 19.7. The standard InChI is InChI=1S/C20H30N4O2S2/c1-13(2)27-19-22-17(21-5-6-24-7-9-25-10-8-24)16-14-11-20(3,4)26-12-15(14)28-18(16)23-19/h13H,5-12H2,1-4H3,(H,21,22,23)/p+1. The van der Waals surface area contributed by atoms with Crippen LogP contribution in [-0.2, 0) is 22.5 Å². The second kappa shape index (κ2) is 8.44. The molecule has 2 N–H and O–H groups in total. The van der Waals surface area contributed by atoms with Crippen molar-refractivity contribution in [3.8, 4) is 0 Å². The zero-order valence-corrected chi connectivity index (χ0v) is 18.9. The Balaban J connectivity index is 1.62. The molecular formula is C20H31N4O2S2+. The summed E-state index contributed by atoms with van der Waals surface area (Å²) < 4.78 is 11.5. The van der Waals surface area contributed by atoms with E-state index in [0.717, 1.165) is 61.6 Å². The molecule has 0 unspecified atom stereocenters. The van der Waals surface area contributed by atoms with Crippen LogP contribution in [0.3, 0.4) is 0 Å². The number of fused-ring (bicyclic) bond motifs is 3. The molecule has 4 rings (SSSR count). The fourth-order valence-electron chi connectivity index (χ4n) is 3.78. The van der Waals surface area contributed by atoms with Crippen molar-refractivity contribution in [2.24, 2.45) is 0 Å². The highest BCUT2D eigenvalue weighted by molar-refractivity contribution is 7.99. The Morgan fingerprint density at radius 1 is 1.25 bits per heavy atom. The van der Waals surface area contributed by atoms with E-state index >= 15 is 0 Å². The summed E-state index contributed by atoms with van der Waals surface area (Å²) in [5.74, 6) is 0.996. The molecule has 2 aliphatic heterocycles. The number of quaternary nitrogens is 1. The average molecular weight is 424 g/mol. The van der Waals surface area contributed by atoms with Gasteiger partial charge in [-0.1, -0.05) is 25.6 Å². The summed E-state index contributed by atoms with van der Waals surface area (Å²) in [7, 11) is 0. The molecule has 0 amide bonds. The first-order valence-corrected chi connectivity index (χ1v) is 11.9. The molecule has 0 saturated carbocycles. The minimum absolute atomic E-state index is 0.137. The van der Waals surface area contributed by atoms with Gasteiger partial charge in [0.05, 0.1) is 43.9 Å². The molecular weight excluding hydrogens is 392 g/mol. The molecule has 2 aliphatic rings. The molecule has 0 radical (unpaired) electrons. The lowest BCUT2D eigenvalue weighted by atomic mass is 9.94. The maximum absolute atomic E-state index is 6.04. The Labute approximate surface area is 175 Å². The minimum Gasteiger partial charge on any atom is -0.370 e. The fourth-order valence-corrected chi connectivity index (χ4v) is 5.65. The van der Waals surface area contributed by atoms with Crippen molar-refractivity contribution in [3.63, 3.8) is 0 Å². The molecule has 0 bridgehead atoms. The van der Waals surface area contributed by atoms with E-state index in [1.807, 2.05) is 0 Å². The van der Waals surface area contributed by atoms with Crippen molar-refractivity contribution in [2.75, 3.05) is 44.7 Å². The number of thiophene rings is 1. The first-order valence-electron chi connectivity index (χ1n) is 10.2. The predicted molar refractivity (Wildman–Crippen MR) is 116 cm³/mol. The molecule has 2 aromatic heterocycles. The van der Waals surface area contributed by atoms with E-state index in [0.29, 0.717) is 11.9 Å². The number of nitrogens with zero attached hydrogens (tertiary/aromatic N) is 2. The molecule has 0 atom stereocenters. The van der Waals surface area contributed by atoms with Crippen molar-refractivity contribution >= 4 is 39.1 Å². The summed E-state index contributed by atoms with van der Waals surface area (Å²) in [4.78, 5) is 13.8. The number of thioether (sulfide) groups is 1. The van der Waals surface area contributed by atoms with E-state index < -0.39 is 0 Å². The highest BCUT2D eigenvalue weighted by Crippen LogP contribution is 2.41. The number of hydrogen-bond acceptors (Lipinski definition) is 7. The van der Waals surface area contributed by atoms with E-state index in [1.54, 1.807) is 28.0 Å². The second-order valence-corrected chi connectivity index (χ2v) is 11.1. The van der Waals surface area contributed by atoms with Crippen molar-refractivity contribution in [1.82, 2.24) is 9.97 Å². The second-order valence-electron chi connectivity index (χ2n) is 8.47. The van der Waals surface area contributed by atoms with E-state index in [2.05, 4.69) is 33.0 Å². The molecule has 0 spiro atoms. The average Bonchev–Trinajstić information content (AvgIpc) is 2.98. The van der Waals surface area contributed by atoms with Crippen LogP contribution in [0.25, 0.3) is 10.2 Å². The largest absolute Gasteiger partial charge is 0.370 e. The highest BCUT2D eigenvalue weighted by atomic mass is 32.2. The summed E-state index contributed by atoms with van der Waals surface area (Å²) >= 11 is 3.49. The first-order chi connectivity index (χ1) is 13.4. The highest BCUT2D eigenvalue weighted by Gasteiger charge is 2.31. The maximum atomic E-state index is 6.04. The number of ether oxygens (including phenoxy) is 2. The van der Waals surface area contributed by atoms with Crippen LogP contribution in [0, 0.1) is 0 Å². The van der Waals surface area contributed by atoms with Gasteiger partial charge in [0, 0.05) is 16.5 Å². The lowest BCUT2D eigenvalue weighted by molar-refractivity contribution is -0.906. The lowest BCUT2D eigenvalue weighted by Crippen LogP contribution is -3.14. The number of hydrogen-bond donors (Lipinski definition) is 2. The molecule has 8 heteroatoms. The van der Waals surface area contributed by atoms with Gasteiger partial charge in [0.25, 0.3) is 0 Å². The SMILES string of the molecule is CC(C)Sc1nc(NCC[NH+]2CCOCC2)c2c3c(sc2n1)COC(C)(C)C3. The molecule has 0 aromatic carbocycles. The summed E-state index contributed by atoms with van der Waals surface area (Å²) in [6.45, 7) is 15.3. The Bertz CT molecular complexity index is 831. The number of morpholine rings is 1. The summed E-state index contributed by atoms with van der Waals surface area (Å²) in [6, 6.07) is 0. The summed E-state index contributed by atoms with van der Waals surface area (Å²) in [6.07, 6.45) is 0.908. The predicted octanol–water partition coefficient (Wildman–Crippen LogP) is 2.37. The van der Waals surface area contributed by atoms with Crippen molar-refractivity contribution < 1.29 is 14.4 Å². The molecule has 2 aromatic rings. The Morgan fingerprint density at radius 2 is 2.04 bits per heavy atom. The molecule has 4 heterocycles. The number of nitrogens with one attached hydrogen (secondary N) is 2. The van der Waals surface area contributed by atoms with Gasteiger partial charge in [-0.15, -0.1) is 11.3 Å². The summed E-state index contributed by atoms with van der Waals surface area (Å²) in [5, 5.41) is 6.18. The van der Waals surface area contributed by atoms with Crippen LogP contribution in [0.2, 0.25) is 0 Å². The van der Waals surface area contributed by atoms with E-state index in [-0.39, 0.29) is 5.60 Å². The third-order valence-electron chi connectivity index (χ3n) is 5.22. The molecule has 1 fully saturated rings. The minimum atomic E-state index is -0.137. The Hall–Kier alpha value is -0.930. The normalized spacial score (nSPS) is 19.9. The zero-order valence-electron chi connectivity index (χ0n) is 17.3. The molecule has 28 heavy (non-hydrogen) atoms. The van der Waals surface area contributed by atoms with Gasteiger partial charge in [0.15, 0.2) is 5.16 Å². The van der Waals surface area contributed by atoms with Gasteiger partial charge in [-0.25, -0.2) is 9.97 Å². The monoisotopic (exact) mass is 423 g/mol. The fraction of sp³-hybridized carbons (Fsp3) is 0.700. The molecule has 1 saturated heterocycles. The van der Waals surface area contributed by atoms with Crippen LogP contribution >= 0.6 is 23.1 Å². The Morgan fingerprint density at radius 3 is 2.79 bits per heavy atom. The van der Waals surface area contributed by atoms with Crippen molar-refractivity contribution in [3.05, 3.63) is 10.4 Å². The van der Waals surface area contributed by atoms with Crippen LogP contribution < -0.4 is 10.2 Å². The number of rotatable bonds is 6. The van der Waals surface area contributed by atoms with Gasteiger partial charge in [0.2, 0.25) is 0 Å². The van der Waals surface area contributed by atoms with Gasteiger partial charge < -0.3 is 19.7 Å². The number of anilines is 1.